The average molecular weight is 323 g/mol. The van der Waals surface area contributed by atoms with Crippen molar-refractivity contribution in [2.24, 2.45) is 5.10 Å². The lowest BCUT2D eigenvalue weighted by Gasteiger charge is -2.21. The van der Waals surface area contributed by atoms with Gasteiger partial charge in [-0.15, -0.1) is 22.9 Å². The number of thiophene rings is 1. The molecular weight excluding hydrogens is 311 g/mol. The van der Waals surface area contributed by atoms with E-state index in [0.717, 1.165) is 16.2 Å². The fourth-order valence-corrected chi connectivity index (χ4v) is 3.18. The average Bonchev–Trinajstić information content (AvgIpc) is 3.16. The highest BCUT2D eigenvalue weighted by Gasteiger charge is 2.32. The highest BCUT2D eigenvalue weighted by Crippen LogP contribution is 2.33. The third-order valence-electron chi connectivity index (χ3n) is 3.34. The molecule has 21 heavy (non-hydrogen) atoms. The first-order valence-corrected chi connectivity index (χ1v) is 7.85. The van der Waals surface area contributed by atoms with Crippen LogP contribution in [0.4, 0.5) is 4.39 Å². The Labute approximate surface area is 130 Å². The molecule has 2 heterocycles. The number of rotatable bonds is 3. The summed E-state index contributed by atoms with van der Waals surface area (Å²) < 4.78 is 13.1. The van der Waals surface area contributed by atoms with Crippen LogP contribution in [0.2, 0.25) is 0 Å². The molecule has 3 rings (SSSR count). The van der Waals surface area contributed by atoms with Crippen LogP contribution < -0.4 is 0 Å². The monoisotopic (exact) mass is 322 g/mol. The van der Waals surface area contributed by atoms with E-state index in [1.165, 1.54) is 17.1 Å². The van der Waals surface area contributed by atoms with Crippen molar-refractivity contribution in [3.05, 3.63) is 58.0 Å². The highest BCUT2D eigenvalue weighted by molar-refractivity contribution is 7.12. The molecule has 1 amide bonds. The summed E-state index contributed by atoms with van der Waals surface area (Å²) in [5, 5.41) is 7.80. The summed E-state index contributed by atoms with van der Waals surface area (Å²) in [4.78, 5) is 13.0. The predicted octanol–water partition coefficient (Wildman–Crippen LogP) is 3.80. The molecule has 1 aliphatic rings. The number of carbonyl (C=O) groups is 1. The minimum atomic E-state index is -0.300. The number of halogens is 2. The molecule has 0 N–H and O–H groups in total. The Morgan fingerprint density at radius 3 is 2.76 bits per heavy atom. The number of nitrogens with zero attached hydrogens (tertiary/aromatic N) is 2. The maximum atomic E-state index is 13.1. The Hall–Kier alpha value is -1.72. The molecule has 108 valence electrons. The zero-order chi connectivity index (χ0) is 14.8. The summed E-state index contributed by atoms with van der Waals surface area (Å²) in [6, 6.07) is 9.84. The van der Waals surface area contributed by atoms with E-state index in [1.54, 1.807) is 23.5 Å². The summed E-state index contributed by atoms with van der Waals surface area (Å²) in [6.45, 7) is 0. The van der Waals surface area contributed by atoms with Crippen LogP contribution in [0.5, 0.6) is 0 Å². The second kappa shape index (κ2) is 5.95. The smallest absolute Gasteiger partial charge is 0.258 e. The summed E-state index contributed by atoms with van der Waals surface area (Å²) in [5.74, 6) is -0.678. The number of hydrogen-bond acceptors (Lipinski definition) is 3. The summed E-state index contributed by atoms with van der Waals surface area (Å²) in [5.41, 5.74) is 1.71. The number of amides is 1. The number of carbonyl (C=O) groups excluding carboxylic acids is 1. The van der Waals surface area contributed by atoms with E-state index in [0.29, 0.717) is 6.42 Å². The highest BCUT2D eigenvalue weighted by atomic mass is 35.5. The van der Waals surface area contributed by atoms with Gasteiger partial charge in [0, 0.05) is 6.42 Å². The van der Waals surface area contributed by atoms with Crippen molar-refractivity contribution in [3.8, 4) is 0 Å². The zero-order valence-corrected chi connectivity index (χ0v) is 12.6. The van der Waals surface area contributed by atoms with Gasteiger partial charge in [0.05, 0.1) is 16.6 Å². The Bertz CT molecular complexity index is 669. The maximum Gasteiger partial charge on any atom is 0.258 e. The third-order valence-corrected chi connectivity index (χ3v) is 4.49. The molecule has 1 aromatic carbocycles. The zero-order valence-electron chi connectivity index (χ0n) is 11.0. The number of hydrogen-bond donors (Lipinski definition) is 0. The van der Waals surface area contributed by atoms with Crippen LogP contribution in [-0.4, -0.2) is 22.5 Å². The number of benzene rings is 1. The second-order valence-electron chi connectivity index (χ2n) is 4.67. The standard InChI is InChI=1S/C15H12ClFN2OS/c16-9-15(20)19-13(10-3-5-11(17)6-4-10)8-12(18-19)14-2-1-7-21-14/h1-7,13H,8-9H2/t13-/m0/s1. The van der Waals surface area contributed by atoms with Crippen molar-refractivity contribution in [2.75, 3.05) is 5.88 Å². The fourth-order valence-electron chi connectivity index (χ4n) is 2.34. The third kappa shape index (κ3) is 2.84. The SMILES string of the molecule is O=C(CCl)N1N=C(c2cccs2)C[C@H]1c1ccc(F)cc1. The number of alkyl halides is 1. The van der Waals surface area contributed by atoms with Gasteiger partial charge >= 0.3 is 0 Å². The Morgan fingerprint density at radius 2 is 2.14 bits per heavy atom. The van der Waals surface area contributed by atoms with Crippen LogP contribution in [0.15, 0.2) is 46.9 Å². The molecule has 0 bridgehead atoms. The molecular formula is C15H12ClFN2OS. The molecule has 1 aromatic heterocycles. The van der Waals surface area contributed by atoms with Gasteiger partial charge in [-0.25, -0.2) is 9.40 Å². The van der Waals surface area contributed by atoms with E-state index >= 15 is 0 Å². The largest absolute Gasteiger partial charge is 0.272 e. The molecule has 2 aromatic rings. The van der Waals surface area contributed by atoms with Crippen molar-refractivity contribution in [1.29, 1.82) is 0 Å². The molecule has 1 aliphatic heterocycles. The first kappa shape index (κ1) is 14.2. The van der Waals surface area contributed by atoms with Crippen LogP contribution in [-0.2, 0) is 4.79 Å². The lowest BCUT2D eigenvalue weighted by atomic mass is 10.0. The molecule has 0 spiro atoms. The molecule has 0 fully saturated rings. The summed E-state index contributed by atoms with van der Waals surface area (Å²) in [7, 11) is 0. The van der Waals surface area contributed by atoms with Gasteiger partial charge < -0.3 is 0 Å². The molecule has 3 nitrogen and oxygen atoms in total. The summed E-state index contributed by atoms with van der Waals surface area (Å²) in [6.07, 6.45) is 0.606. The first-order chi connectivity index (χ1) is 10.2. The molecule has 0 saturated carbocycles. The van der Waals surface area contributed by atoms with Gasteiger partial charge in [-0.3, -0.25) is 4.79 Å². The quantitative estimate of drug-likeness (QED) is 0.791. The Balaban J connectivity index is 1.93. The van der Waals surface area contributed by atoms with Crippen molar-refractivity contribution in [3.63, 3.8) is 0 Å². The first-order valence-electron chi connectivity index (χ1n) is 6.44. The van der Waals surface area contributed by atoms with Crippen LogP contribution in [0.1, 0.15) is 22.9 Å². The topological polar surface area (TPSA) is 32.7 Å². The molecule has 0 unspecified atom stereocenters. The summed E-state index contributed by atoms with van der Waals surface area (Å²) >= 11 is 7.24. The van der Waals surface area contributed by atoms with E-state index in [9.17, 15) is 9.18 Å². The molecule has 0 saturated heterocycles. The fraction of sp³-hybridized carbons (Fsp3) is 0.200. The van der Waals surface area contributed by atoms with Gasteiger partial charge in [-0.05, 0) is 29.1 Å². The van der Waals surface area contributed by atoms with Gasteiger partial charge in [-0.1, -0.05) is 18.2 Å². The van der Waals surface area contributed by atoms with Crippen LogP contribution in [0.3, 0.4) is 0 Å². The van der Waals surface area contributed by atoms with Crippen LogP contribution in [0, 0.1) is 5.82 Å². The lowest BCUT2D eigenvalue weighted by Crippen LogP contribution is -2.27. The lowest BCUT2D eigenvalue weighted by molar-refractivity contribution is -0.130. The van der Waals surface area contributed by atoms with Gasteiger partial charge in [0.15, 0.2) is 0 Å². The predicted molar refractivity (Wildman–Crippen MR) is 82.2 cm³/mol. The maximum absolute atomic E-state index is 13.1. The Morgan fingerprint density at radius 1 is 1.38 bits per heavy atom. The van der Waals surface area contributed by atoms with E-state index < -0.39 is 0 Å². The van der Waals surface area contributed by atoms with Crippen molar-refractivity contribution < 1.29 is 9.18 Å². The van der Waals surface area contributed by atoms with Gasteiger partial charge in [-0.2, -0.15) is 5.10 Å². The molecule has 1 atom stereocenters. The van der Waals surface area contributed by atoms with E-state index in [1.807, 2.05) is 17.5 Å². The van der Waals surface area contributed by atoms with E-state index in [-0.39, 0.29) is 23.6 Å². The second-order valence-corrected chi connectivity index (χ2v) is 5.88. The van der Waals surface area contributed by atoms with Gasteiger partial charge in [0.1, 0.15) is 11.7 Å². The minimum absolute atomic E-state index is 0.126. The van der Waals surface area contributed by atoms with Crippen LogP contribution in [0.25, 0.3) is 0 Å². The molecule has 6 heteroatoms. The Kier molecular flexibility index (Phi) is 4.03. The van der Waals surface area contributed by atoms with E-state index in [2.05, 4.69) is 5.10 Å². The molecule has 0 radical (unpaired) electrons. The number of hydrazone groups is 1. The van der Waals surface area contributed by atoms with Crippen LogP contribution >= 0.6 is 22.9 Å². The van der Waals surface area contributed by atoms with E-state index in [4.69, 9.17) is 11.6 Å². The van der Waals surface area contributed by atoms with Crippen molar-refractivity contribution >= 4 is 34.6 Å². The van der Waals surface area contributed by atoms with Gasteiger partial charge in [0.2, 0.25) is 0 Å². The minimum Gasteiger partial charge on any atom is -0.272 e. The van der Waals surface area contributed by atoms with Crippen molar-refractivity contribution in [1.82, 2.24) is 5.01 Å². The molecule has 0 aliphatic carbocycles. The van der Waals surface area contributed by atoms with Gasteiger partial charge in [0.25, 0.3) is 5.91 Å². The van der Waals surface area contributed by atoms with Crippen molar-refractivity contribution in [2.45, 2.75) is 12.5 Å². The normalized spacial score (nSPS) is 17.9.